The first-order valence-corrected chi connectivity index (χ1v) is 12.5. The van der Waals surface area contributed by atoms with E-state index in [4.69, 9.17) is 9.84 Å². The number of carbonyl (C=O) groups excluding carboxylic acids is 2. The van der Waals surface area contributed by atoms with Crippen molar-refractivity contribution >= 4 is 17.6 Å². The molecule has 2 aromatic heterocycles. The van der Waals surface area contributed by atoms with Gasteiger partial charge in [-0.3, -0.25) is 19.4 Å². The van der Waals surface area contributed by atoms with Crippen LogP contribution in [0, 0.1) is 0 Å². The van der Waals surface area contributed by atoms with Crippen molar-refractivity contribution in [2.75, 3.05) is 44.8 Å². The predicted molar refractivity (Wildman–Crippen MR) is 133 cm³/mol. The van der Waals surface area contributed by atoms with Crippen molar-refractivity contribution in [3.8, 4) is 0 Å². The Hall–Kier alpha value is -3.57. The van der Waals surface area contributed by atoms with Gasteiger partial charge in [-0.2, -0.15) is 5.10 Å². The zero-order chi connectivity index (χ0) is 24.9. The van der Waals surface area contributed by atoms with Crippen LogP contribution >= 0.6 is 0 Å². The molecule has 0 radical (unpaired) electrons. The number of benzene rings is 1. The van der Waals surface area contributed by atoms with Gasteiger partial charge in [0.1, 0.15) is 18.2 Å². The van der Waals surface area contributed by atoms with Gasteiger partial charge >= 0.3 is 0 Å². The summed E-state index contributed by atoms with van der Waals surface area (Å²) in [6.45, 7) is 5.63. The molecule has 2 amide bonds. The number of hydrogen-bond donors (Lipinski definition) is 1. The third-order valence-electron chi connectivity index (χ3n) is 6.65. The SMILES string of the molecule is CN1C(=O)C(NC(=O)c2ncn(Cc3ccccc3)n2)CCn2nc(CCCN3CCOCC3)cc21. The van der Waals surface area contributed by atoms with Gasteiger partial charge in [-0.15, -0.1) is 5.10 Å². The number of aryl methyl sites for hydroxylation is 2. The zero-order valence-corrected chi connectivity index (χ0v) is 20.5. The molecule has 2 aliphatic heterocycles. The van der Waals surface area contributed by atoms with Crippen molar-refractivity contribution in [2.24, 2.45) is 0 Å². The van der Waals surface area contributed by atoms with Crippen molar-refractivity contribution in [1.29, 1.82) is 0 Å². The summed E-state index contributed by atoms with van der Waals surface area (Å²) in [5.74, 6) is 0.164. The third kappa shape index (κ3) is 5.63. The molecule has 11 nitrogen and oxygen atoms in total. The summed E-state index contributed by atoms with van der Waals surface area (Å²) >= 11 is 0. The summed E-state index contributed by atoms with van der Waals surface area (Å²) in [5.41, 5.74) is 2.04. The summed E-state index contributed by atoms with van der Waals surface area (Å²) in [6, 6.07) is 11.1. The summed E-state index contributed by atoms with van der Waals surface area (Å²) in [7, 11) is 1.73. The Bertz CT molecular complexity index is 1190. The van der Waals surface area contributed by atoms with E-state index in [1.807, 2.05) is 41.1 Å². The molecule has 3 aromatic rings. The van der Waals surface area contributed by atoms with Crippen LogP contribution in [0.25, 0.3) is 0 Å². The van der Waals surface area contributed by atoms with Gasteiger partial charge in [0.15, 0.2) is 0 Å². The number of ether oxygens (including phenoxy) is 1. The number of likely N-dealkylation sites (N-methyl/N-ethyl adjacent to an activating group) is 1. The number of carbonyl (C=O) groups is 2. The van der Waals surface area contributed by atoms with Gasteiger partial charge in [0, 0.05) is 32.7 Å². The van der Waals surface area contributed by atoms with Crippen LogP contribution in [0.4, 0.5) is 5.82 Å². The number of anilines is 1. The number of nitrogens with one attached hydrogen (secondary N) is 1. The highest BCUT2D eigenvalue weighted by Gasteiger charge is 2.31. The van der Waals surface area contributed by atoms with Crippen LogP contribution < -0.4 is 10.2 Å². The van der Waals surface area contributed by atoms with Crippen molar-refractivity contribution < 1.29 is 14.3 Å². The minimum absolute atomic E-state index is 0.0472. The van der Waals surface area contributed by atoms with Crippen LogP contribution in [0.1, 0.15) is 34.7 Å². The smallest absolute Gasteiger partial charge is 0.291 e. The lowest BCUT2D eigenvalue weighted by Gasteiger charge is -2.26. The van der Waals surface area contributed by atoms with Crippen LogP contribution in [-0.4, -0.2) is 87.2 Å². The first-order chi connectivity index (χ1) is 17.6. The molecular formula is C25H32N8O3. The number of fused-ring (bicyclic) bond motifs is 1. The van der Waals surface area contributed by atoms with Crippen molar-refractivity contribution in [1.82, 2.24) is 34.8 Å². The van der Waals surface area contributed by atoms with E-state index >= 15 is 0 Å². The molecule has 1 aromatic carbocycles. The van der Waals surface area contributed by atoms with E-state index < -0.39 is 11.9 Å². The van der Waals surface area contributed by atoms with Crippen LogP contribution in [0.2, 0.25) is 0 Å². The Labute approximate surface area is 210 Å². The third-order valence-corrected chi connectivity index (χ3v) is 6.65. The van der Waals surface area contributed by atoms with Crippen LogP contribution in [0.3, 0.4) is 0 Å². The second-order valence-corrected chi connectivity index (χ2v) is 9.24. The second kappa shape index (κ2) is 11.0. The monoisotopic (exact) mass is 492 g/mol. The molecule has 4 heterocycles. The molecule has 2 aliphatic rings. The van der Waals surface area contributed by atoms with Gasteiger partial charge < -0.3 is 10.1 Å². The molecule has 0 saturated carbocycles. The molecule has 0 spiro atoms. The van der Waals surface area contributed by atoms with E-state index in [0.717, 1.165) is 62.8 Å². The average molecular weight is 493 g/mol. The molecule has 5 rings (SSSR count). The maximum atomic E-state index is 13.2. The lowest BCUT2D eigenvalue weighted by Crippen LogP contribution is -2.47. The summed E-state index contributed by atoms with van der Waals surface area (Å²) in [6.07, 6.45) is 3.84. The van der Waals surface area contributed by atoms with Crippen LogP contribution in [0.5, 0.6) is 0 Å². The Balaban J connectivity index is 1.16. The molecular weight excluding hydrogens is 460 g/mol. The Morgan fingerprint density at radius 2 is 1.94 bits per heavy atom. The zero-order valence-electron chi connectivity index (χ0n) is 20.5. The van der Waals surface area contributed by atoms with Crippen molar-refractivity contribution in [3.05, 3.63) is 59.8 Å². The number of morpholine rings is 1. The minimum atomic E-state index is -0.671. The first kappa shape index (κ1) is 24.1. The largest absolute Gasteiger partial charge is 0.379 e. The van der Waals surface area contributed by atoms with Gasteiger partial charge in [-0.05, 0) is 31.4 Å². The lowest BCUT2D eigenvalue weighted by molar-refractivity contribution is -0.120. The van der Waals surface area contributed by atoms with E-state index in [9.17, 15) is 9.59 Å². The minimum Gasteiger partial charge on any atom is -0.379 e. The fourth-order valence-electron chi connectivity index (χ4n) is 4.65. The summed E-state index contributed by atoms with van der Waals surface area (Å²) in [5, 5.41) is 11.8. The van der Waals surface area contributed by atoms with Gasteiger partial charge in [-0.25, -0.2) is 14.3 Å². The molecule has 190 valence electrons. The first-order valence-electron chi connectivity index (χ1n) is 12.5. The quantitative estimate of drug-likeness (QED) is 0.499. The Morgan fingerprint density at radius 1 is 1.14 bits per heavy atom. The molecule has 1 atom stereocenters. The molecule has 0 aliphatic carbocycles. The van der Waals surface area contributed by atoms with E-state index in [0.29, 0.717) is 19.5 Å². The van der Waals surface area contributed by atoms with Crippen LogP contribution in [0.15, 0.2) is 42.7 Å². The highest BCUT2D eigenvalue weighted by atomic mass is 16.5. The van der Waals surface area contributed by atoms with Gasteiger partial charge in [-0.1, -0.05) is 30.3 Å². The number of nitrogens with zero attached hydrogens (tertiary/aromatic N) is 7. The molecule has 1 fully saturated rings. The highest BCUT2D eigenvalue weighted by molar-refractivity contribution is 6.00. The standard InChI is InChI=1S/C25H32N8O3/c1-30-22-16-20(8-5-10-31-12-14-36-15-13-31)28-33(22)11-9-21(25(30)35)27-24(34)23-26-18-32(29-23)17-19-6-3-2-4-7-19/h2-4,6-7,16,18,21H,5,8-15,17H2,1H3,(H,27,34). The van der Waals surface area contributed by atoms with E-state index in [1.165, 1.54) is 6.33 Å². The van der Waals surface area contributed by atoms with E-state index in [1.54, 1.807) is 16.6 Å². The summed E-state index contributed by atoms with van der Waals surface area (Å²) in [4.78, 5) is 34.1. The average Bonchev–Trinajstić information content (AvgIpc) is 3.52. The maximum Gasteiger partial charge on any atom is 0.291 e. The summed E-state index contributed by atoms with van der Waals surface area (Å²) < 4.78 is 8.88. The Morgan fingerprint density at radius 3 is 2.75 bits per heavy atom. The van der Waals surface area contributed by atoms with Gasteiger partial charge in [0.2, 0.25) is 5.82 Å². The maximum absolute atomic E-state index is 13.2. The van der Waals surface area contributed by atoms with Crippen LogP contribution in [-0.2, 0) is 29.0 Å². The van der Waals surface area contributed by atoms with Crippen molar-refractivity contribution in [2.45, 2.75) is 38.4 Å². The van der Waals surface area contributed by atoms with Gasteiger partial charge in [0.25, 0.3) is 11.8 Å². The van der Waals surface area contributed by atoms with E-state index in [-0.39, 0.29) is 11.7 Å². The van der Waals surface area contributed by atoms with E-state index in [2.05, 4.69) is 20.3 Å². The highest BCUT2D eigenvalue weighted by Crippen LogP contribution is 2.22. The fourth-order valence-corrected chi connectivity index (χ4v) is 4.65. The molecule has 0 bridgehead atoms. The normalized spacial score (nSPS) is 18.6. The van der Waals surface area contributed by atoms with Gasteiger partial charge in [0.05, 0.1) is 25.5 Å². The molecule has 1 N–H and O–H groups in total. The number of aromatic nitrogens is 5. The number of hydrogen-bond acceptors (Lipinski definition) is 7. The number of rotatable bonds is 8. The lowest BCUT2D eigenvalue weighted by atomic mass is 10.2. The molecule has 36 heavy (non-hydrogen) atoms. The number of amides is 2. The fraction of sp³-hybridized carbons (Fsp3) is 0.480. The Kier molecular flexibility index (Phi) is 7.38. The predicted octanol–water partition coefficient (Wildman–Crippen LogP) is 0.953. The van der Waals surface area contributed by atoms with Crippen molar-refractivity contribution in [3.63, 3.8) is 0 Å². The second-order valence-electron chi connectivity index (χ2n) is 9.24. The molecule has 1 unspecified atom stereocenters. The molecule has 1 saturated heterocycles. The molecule has 11 heteroatoms. The topological polar surface area (TPSA) is 110 Å².